The molecule has 3 atom stereocenters. The molecule has 1 aromatic rings. The first-order valence-electron chi connectivity index (χ1n) is 5.82. The standard InChI is InChI=1S/C12H17IN2O/c1-8-3-4-11(5-9(8)2)15-12(16)6-10(13)7-14-15/h6-9,11H,3-5H2,1-2H3. The lowest BCUT2D eigenvalue weighted by atomic mass is 9.79. The van der Waals surface area contributed by atoms with E-state index < -0.39 is 0 Å². The number of hydrogen-bond donors (Lipinski definition) is 0. The second-order valence-corrected chi connectivity index (χ2v) is 6.12. The molecule has 3 nitrogen and oxygen atoms in total. The molecule has 0 N–H and O–H groups in total. The van der Waals surface area contributed by atoms with Crippen LogP contribution in [-0.2, 0) is 0 Å². The van der Waals surface area contributed by atoms with Gasteiger partial charge in [0.15, 0.2) is 0 Å². The Morgan fingerprint density at radius 2 is 2.12 bits per heavy atom. The van der Waals surface area contributed by atoms with Crippen LogP contribution in [0.5, 0.6) is 0 Å². The van der Waals surface area contributed by atoms with Gasteiger partial charge in [-0.15, -0.1) is 0 Å². The second-order valence-electron chi connectivity index (χ2n) is 4.88. The Morgan fingerprint density at radius 3 is 2.75 bits per heavy atom. The number of halogens is 1. The van der Waals surface area contributed by atoms with Crippen LogP contribution in [0.25, 0.3) is 0 Å². The van der Waals surface area contributed by atoms with E-state index in [4.69, 9.17) is 0 Å². The molecule has 1 heterocycles. The molecule has 1 aliphatic rings. The van der Waals surface area contributed by atoms with Gasteiger partial charge in [0, 0.05) is 9.64 Å². The topological polar surface area (TPSA) is 34.9 Å². The zero-order valence-electron chi connectivity index (χ0n) is 9.69. The molecule has 1 aromatic heterocycles. The summed E-state index contributed by atoms with van der Waals surface area (Å²) in [6.07, 6.45) is 5.13. The van der Waals surface area contributed by atoms with Crippen molar-refractivity contribution in [3.8, 4) is 0 Å². The van der Waals surface area contributed by atoms with Gasteiger partial charge in [-0.3, -0.25) is 4.79 Å². The quantitative estimate of drug-likeness (QED) is 0.742. The number of rotatable bonds is 1. The fraction of sp³-hybridized carbons (Fsp3) is 0.667. The zero-order chi connectivity index (χ0) is 11.7. The normalized spacial score (nSPS) is 30.3. The van der Waals surface area contributed by atoms with Crippen LogP contribution in [0.4, 0.5) is 0 Å². The number of nitrogens with zero attached hydrogens (tertiary/aromatic N) is 2. The molecule has 3 unspecified atom stereocenters. The van der Waals surface area contributed by atoms with E-state index in [2.05, 4.69) is 41.5 Å². The summed E-state index contributed by atoms with van der Waals surface area (Å²) >= 11 is 2.12. The van der Waals surface area contributed by atoms with Crippen LogP contribution < -0.4 is 5.56 Å². The van der Waals surface area contributed by atoms with Crippen molar-refractivity contribution in [2.24, 2.45) is 11.8 Å². The first kappa shape index (κ1) is 12.1. The average Bonchev–Trinajstić information content (AvgIpc) is 2.22. The van der Waals surface area contributed by atoms with Gasteiger partial charge >= 0.3 is 0 Å². The third-order valence-corrected chi connectivity index (χ3v) is 4.30. The SMILES string of the molecule is CC1CCC(n2ncc(I)cc2=O)CC1C. The van der Waals surface area contributed by atoms with Crippen molar-refractivity contribution < 1.29 is 0 Å². The highest BCUT2D eigenvalue weighted by molar-refractivity contribution is 14.1. The first-order chi connectivity index (χ1) is 7.58. The molecule has 0 bridgehead atoms. The van der Waals surface area contributed by atoms with Crippen LogP contribution in [0, 0.1) is 15.4 Å². The lowest BCUT2D eigenvalue weighted by Gasteiger charge is -2.32. The smallest absolute Gasteiger partial charge is 0.268 e. The first-order valence-corrected chi connectivity index (χ1v) is 6.90. The van der Waals surface area contributed by atoms with Crippen LogP contribution in [0.3, 0.4) is 0 Å². The Kier molecular flexibility index (Phi) is 3.66. The predicted molar refractivity (Wildman–Crippen MR) is 72.4 cm³/mol. The minimum absolute atomic E-state index is 0.0404. The summed E-state index contributed by atoms with van der Waals surface area (Å²) in [7, 11) is 0. The van der Waals surface area contributed by atoms with Crippen LogP contribution in [0.15, 0.2) is 17.1 Å². The van der Waals surface area contributed by atoms with E-state index in [-0.39, 0.29) is 5.56 Å². The summed E-state index contributed by atoms with van der Waals surface area (Å²) in [6, 6.07) is 1.96. The predicted octanol–water partition coefficient (Wildman–Crippen LogP) is 2.85. The largest absolute Gasteiger partial charge is 0.268 e. The molecular weight excluding hydrogens is 315 g/mol. The van der Waals surface area contributed by atoms with E-state index in [1.807, 2.05) is 0 Å². The van der Waals surface area contributed by atoms with Crippen LogP contribution in [0.1, 0.15) is 39.2 Å². The lowest BCUT2D eigenvalue weighted by molar-refractivity contribution is 0.196. The summed E-state index contributed by atoms with van der Waals surface area (Å²) in [4.78, 5) is 11.8. The highest BCUT2D eigenvalue weighted by Crippen LogP contribution is 2.34. The summed E-state index contributed by atoms with van der Waals surface area (Å²) in [5, 5.41) is 4.26. The molecule has 16 heavy (non-hydrogen) atoms. The van der Waals surface area contributed by atoms with Gasteiger partial charge in [0.1, 0.15) is 0 Å². The molecule has 0 aromatic carbocycles. The van der Waals surface area contributed by atoms with Gasteiger partial charge in [0.05, 0.1) is 12.2 Å². The molecule has 88 valence electrons. The van der Waals surface area contributed by atoms with Gasteiger partial charge < -0.3 is 0 Å². The molecule has 0 amide bonds. The monoisotopic (exact) mass is 332 g/mol. The van der Waals surface area contributed by atoms with Crippen molar-refractivity contribution in [1.82, 2.24) is 9.78 Å². The van der Waals surface area contributed by atoms with Crippen molar-refractivity contribution in [2.45, 2.75) is 39.2 Å². The van der Waals surface area contributed by atoms with E-state index in [1.54, 1.807) is 16.9 Å². The minimum atomic E-state index is 0.0404. The van der Waals surface area contributed by atoms with Gasteiger partial charge in [-0.05, 0) is 53.7 Å². The van der Waals surface area contributed by atoms with Gasteiger partial charge in [0.2, 0.25) is 0 Å². The Balaban J connectivity index is 2.22. The zero-order valence-corrected chi connectivity index (χ0v) is 11.8. The molecule has 0 saturated heterocycles. The van der Waals surface area contributed by atoms with Crippen LogP contribution in [0.2, 0.25) is 0 Å². The van der Waals surface area contributed by atoms with Crippen molar-refractivity contribution in [1.29, 1.82) is 0 Å². The maximum Gasteiger partial charge on any atom is 0.268 e. The van der Waals surface area contributed by atoms with Crippen molar-refractivity contribution in [2.75, 3.05) is 0 Å². The molecule has 1 saturated carbocycles. The van der Waals surface area contributed by atoms with Crippen LogP contribution >= 0.6 is 22.6 Å². The molecule has 1 aliphatic carbocycles. The molecule has 0 radical (unpaired) electrons. The lowest BCUT2D eigenvalue weighted by Crippen LogP contribution is -2.32. The molecule has 1 fully saturated rings. The summed E-state index contributed by atoms with van der Waals surface area (Å²) in [5.74, 6) is 1.46. The molecular formula is C12H17IN2O. The van der Waals surface area contributed by atoms with E-state index >= 15 is 0 Å². The summed E-state index contributed by atoms with van der Waals surface area (Å²) < 4.78 is 2.58. The van der Waals surface area contributed by atoms with Gasteiger partial charge in [0.25, 0.3) is 5.56 Å². The van der Waals surface area contributed by atoms with E-state index in [0.717, 1.165) is 22.3 Å². The third kappa shape index (κ3) is 2.47. The maximum atomic E-state index is 11.8. The van der Waals surface area contributed by atoms with Gasteiger partial charge in [-0.1, -0.05) is 13.8 Å². The Labute approximate surface area is 109 Å². The Bertz CT molecular complexity index is 429. The van der Waals surface area contributed by atoms with E-state index in [1.165, 1.54) is 6.42 Å². The Hall–Kier alpha value is -0.390. The highest BCUT2D eigenvalue weighted by atomic mass is 127. The van der Waals surface area contributed by atoms with Crippen molar-refractivity contribution >= 4 is 22.6 Å². The summed E-state index contributed by atoms with van der Waals surface area (Å²) in [5.41, 5.74) is 0.0404. The second kappa shape index (κ2) is 4.85. The molecule has 0 spiro atoms. The highest BCUT2D eigenvalue weighted by Gasteiger charge is 2.26. The fourth-order valence-electron chi connectivity index (χ4n) is 2.41. The Morgan fingerprint density at radius 1 is 1.38 bits per heavy atom. The van der Waals surface area contributed by atoms with E-state index in [9.17, 15) is 4.79 Å². The summed E-state index contributed by atoms with van der Waals surface area (Å²) in [6.45, 7) is 4.57. The average molecular weight is 332 g/mol. The molecule has 2 rings (SSSR count). The van der Waals surface area contributed by atoms with E-state index in [0.29, 0.717) is 12.0 Å². The minimum Gasteiger partial charge on any atom is -0.268 e. The van der Waals surface area contributed by atoms with Crippen molar-refractivity contribution in [3.05, 3.63) is 26.2 Å². The van der Waals surface area contributed by atoms with Gasteiger partial charge in [-0.2, -0.15) is 5.10 Å². The van der Waals surface area contributed by atoms with Gasteiger partial charge in [-0.25, -0.2) is 4.68 Å². The number of aromatic nitrogens is 2. The number of hydrogen-bond acceptors (Lipinski definition) is 2. The maximum absolute atomic E-state index is 11.8. The molecule has 0 aliphatic heterocycles. The molecule has 4 heteroatoms. The van der Waals surface area contributed by atoms with Crippen molar-refractivity contribution in [3.63, 3.8) is 0 Å². The fourth-order valence-corrected chi connectivity index (χ4v) is 2.80. The third-order valence-electron chi connectivity index (χ3n) is 3.71. The van der Waals surface area contributed by atoms with Crippen LogP contribution in [-0.4, -0.2) is 9.78 Å².